The van der Waals surface area contributed by atoms with E-state index in [2.05, 4.69) is 8.92 Å². The topological polar surface area (TPSA) is 69.7 Å². The molecule has 96 valence electrons. The Kier molecular flexibility index (Phi) is 3.08. The van der Waals surface area contributed by atoms with Crippen LogP contribution in [-0.4, -0.2) is 21.0 Å². The van der Waals surface area contributed by atoms with Crippen molar-refractivity contribution in [1.82, 2.24) is 0 Å². The highest BCUT2D eigenvalue weighted by molar-refractivity contribution is 7.92. The molecule has 0 aliphatic carbocycles. The van der Waals surface area contributed by atoms with Crippen molar-refractivity contribution in [3.8, 4) is 5.75 Å². The van der Waals surface area contributed by atoms with Crippen LogP contribution in [0, 0.1) is 5.82 Å². The molecule has 18 heavy (non-hydrogen) atoms. The second-order valence-electron chi connectivity index (χ2n) is 3.42. The summed E-state index contributed by atoms with van der Waals surface area (Å²) >= 11 is 0. The number of carbonyl (C=O) groups excluding carboxylic acids is 1. The van der Waals surface area contributed by atoms with Crippen LogP contribution >= 0.6 is 0 Å². The Labute approximate surface area is 103 Å². The zero-order chi connectivity index (χ0) is 13.3. The summed E-state index contributed by atoms with van der Waals surface area (Å²) in [6.07, 6.45) is 0.918. The molecule has 0 fully saturated rings. The minimum absolute atomic E-state index is 0.00974. The lowest BCUT2D eigenvalue weighted by atomic mass is 10.1. The van der Waals surface area contributed by atoms with Crippen LogP contribution < -0.4 is 4.18 Å². The Hall–Kier alpha value is -1.89. The van der Waals surface area contributed by atoms with E-state index >= 15 is 0 Å². The van der Waals surface area contributed by atoms with Gasteiger partial charge in [-0.25, -0.2) is 9.18 Å². The molecule has 0 saturated carbocycles. The lowest BCUT2D eigenvalue weighted by Gasteiger charge is -2.16. The fraction of sp³-hybridized carbons (Fsp3) is 0.182. The van der Waals surface area contributed by atoms with Crippen molar-refractivity contribution in [2.45, 2.75) is 6.92 Å². The summed E-state index contributed by atoms with van der Waals surface area (Å²) < 4.78 is 46.0. The van der Waals surface area contributed by atoms with Crippen LogP contribution in [-0.2, 0) is 19.6 Å². The van der Waals surface area contributed by atoms with Crippen LogP contribution in [0.25, 0.3) is 6.08 Å². The van der Waals surface area contributed by atoms with Gasteiger partial charge in [0, 0.05) is 0 Å². The molecule has 0 amide bonds. The van der Waals surface area contributed by atoms with Gasteiger partial charge in [0.05, 0.1) is 12.2 Å². The number of benzene rings is 1. The average Bonchev–Trinajstić information content (AvgIpc) is 2.27. The molecule has 1 aliphatic heterocycles. The Bertz CT molecular complexity index is 633. The van der Waals surface area contributed by atoms with Crippen molar-refractivity contribution in [3.63, 3.8) is 0 Å². The Morgan fingerprint density at radius 3 is 2.83 bits per heavy atom. The van der Waals surface area contributed by atoms with Crippen LogP contribution in [0.1, 0.15) is 12.5 Å². The minimum atomic E-state index is -4.26. The average molecular weight is 272 g/mol. The first-order valence-electron chi connectivity index (χ1n) is 5.07. The molecule has 2 rings (SSSR count). The molecule has 5 nitrogen and oxygen atoms in total. The van der Waals surface area contributed by atoms with E-state index in [1.807, 2.05) is 0 Å². The van der Waals surface area contributed by atoms with E-state index in [1.54, 1.807) is 0 Å². The van der Waals surface area contributed by atoms with Crippen LogP contribution in [0.5, 0.6) is 5.75 Å². The highest BCUT2D eigenvalue weighted by Gasteiger charge is 2.34. The van der Waals surface area contributed by atoms with Gasteiger partial charge in [-0.3, -0.25) is 0 Å². The lowest BCUT2D eigenvalue weighted by molar-refractivity contribution is -0.137. The third-order valence-electron chi connectivity index (χ3n) is 2.23. The molecule has 0 bridgehead atoms. The van der Waals surface area contributed by atoms with E-state index < -0.39 is 26.8 Å². The first kappa shape index (κ1) is 12.6. The van der Waals surface area contributed by atoms with Crippen molar-refractivity contribution in [2.75, 3.05) is 6.61 Å². The Morgan fingerprint density at radius 1 is 1.44 bits per heavy atom. The molecule has 7 heteroatoms. The van der Waals surface area contributed by atoms with E-state index in [4.69, 9.17) is 0 Å². The number of hydrogen-bond donors (Lipinski definition) is 0. The van der Waals surface area contributed by atoms with Gasteiger partial charge in [0.15, 0.2) is 10.7 Å². The fourth-order valence-corrected chi connectivity index (χ4v) is 2.46. The van der Waals surface area contributed by atoms with Crippen LogP contribution in [0.2, 0.25) is 0 Å². The summed E-state index contributed by atoms with van der Waals surface area (Å²) in [5.41, 5.74) is -0.0876. The molecule has 1 heterocycles. The largest absolute Gasteiger partial charge is 0.462 e. The molecule has 1 aromatic carbocycles. The zero-order valence-electron chi connectivity index (χ0n) is 9.34. The Balaban J connectivity index is 2.58. The van der Waals surface area contributed by atoms with Crippen molar-refractivity contribution in [1.29, 1.82) is 0 Å². The third-order valence-corrected chi connectivity index (χ3v) is 3.46. The predicted molar refractivity (Wildman–Crippen MR) is 60.6 cm³/mol. The normalized spacial score (nSPS) is 16.2. The van der Waals surface area contributed by atoms with Crippen LogP contribution in [0.15, 0.2) is 23.1 Å². The third kappa shape index (κ3) is 2.08. The first-order chi connectivity index (χ1) is 8.45. The molecule has 1 aromatic rings. The molecule has 0 aromatic heterocycles. The van der Waals surface area contributed by atoms with Gasteiger partial charge in [-0.2, -0.15) is 8.42 Å². The summed E-state index contributed by atoms with van der Waals surface area (Å²) in [4.78, 5) is 10.8. The van der Waals surface area contributed by atoms with Gasteiger partial charge in [0.25, 0.3) is 0 Å². The second kappa shape index (κ2) is 4.41. The van der Waals surface area contributed by atoms with Crippen molar-refractivity contribution < 1.29 is 26.5 Å². The van der Waals surface area contributed by atoms with E-state index in [0.29, 0.717) is 0 Å². The van der Waals surface area contributed by atoms with Gasteiger partial charge in [-0.15, -0.1) is 0 Å². The maximum Gasteiger partial charge on any atom is 0.353 e. The maximum absolute atomic E-state index is 13.5. The highest BCUT2D eigenvalue weighted by Crippen LogP contribution is 2.32. The SMILES string of the molecule is CCOC(=O)C1=Cc2c(F)cccc2OS1(=O)=O. The predicted octanol–water partition coefficient (Wildman–Crippen LogP) is 1.45. The van der Waals surface area contributed by atoms with Gasteiger partial charge < -0.3 is 8.92 Å². The maximum atomic E-state index is 13.5. The molecule has 1 aliphatic rings. The minimum Gasteiger partial charge on any atom is -0.462 e. The number of rotatable bonds is 2. The smallest absolute Gasteiger partial charge is 0.353 e. The quantitative estimate of drug-likeness (QED) is 0.602. The van der Waals surface area contributed by atoms with E-state index in [-0.39, 0.29) is 17.9 Å². The van der Waals surface area contributed by atoms with Gasteiger partial charge in [-0.05, 0) is 25.1 Å². The van der Waals surface area contributed by atoms with Crippen molar-refractivity contribution >= 4 is 22.2 Å². The lowest BCUT2D eigenvalue weighted by Crippen LogP contribution is -2.23. The number of halogens is 1. The standard InChI is InChI=1S/C11H9FO5S/c1-2-16-11(13)10-6-7-8(12)4-3-5-9(7)17-18(10,14)15/h3-6H,2H2,1H3. The summed E-state index contributed by atoms with van der Waals surface area (Å²) in [5.74, 6) is -1.89. The van der Waals surface area contributed by atoms with Gasteiger partial charge in [0.1, 0.15) is 5.82 Å². The number of esters is 1. The monoisotopic (exact) mass is 272 g/mol. The summed E-state index contributed by atoms with van der Waals surface area (Å²) in [7, 11) is -4.26. The summed E-state index contributed by atoms with van der Waals surface area (Å²) in [6.45, 7) is 1.54. The fourth-order valence-electron chi connectivity index (χ4n) is 1.46. The molecule has 0 radical (unpaired) electrons. The van der Waals surface area contributed by atoms with Crippen LogP contribution in [0.4, 0.5) is 4.39 Å². The molecular formula is C11H9FO5S. The molecule has 0 unspecified atom stereocenters. The second-order valence-corrected chi connectivity index (χ2v) is 4.93. The van der Waals surface area contributed by atoms with E-state index in [1.165, 1.54) is 19.1 Å². The number of hydrogen-bond acceptors (Lipinski definition) is 5. The van der Waals surface area contributed by atoms with E-state index in [9.17, 15) is 17.6 Å². The zero-order valence-corrected chi connectivity index (χ0v) is 10.2. The van der Waals surface area contributed by atoms with Gasteiger partial charge in [0.2, 0.25) is 0 Å². The molecule has 0 N–H and O–H groups in total. The van der Waals surface area contributed by atoms with Gasteiger partial charge in [-0.1, -0.05) is 6.07 Å². The van der Waals surface area contributed by atoms with Crippen LogP contribution in [0.3, 0.4) is 0 Å². The number of ether oxygens (including phenoxy) is 1. The highest BCUT2D eigenvalue weighted by atomic mass is 32.2. The molecule has 0 saturated heterocycles. The summed E-state index contributed by atoms with van der Waals surface area (Å²) in [5, 5.41) is 0. The first-order valence-corrected chi connectivity index (χ1v) is 6.48. The molecule has 0 spiro atoms. The molecule has 0 atom stereocenters. The summed E-state index contributed by atoms with van der Waals surface area (Å²) in [6, 6.07) is 3.75. The molecular weight excluding hydrogens is 263 g/mol. The van der Waals surface area contributed by atoms with Crippen molar-refractivity contribution in [3.05, 3.63) is 34.5 Å². The van der Waals surface area contributed by atoms with Gasteiger partial charge >= 0.3 is 16.1 Å². The number of carbonyl (C=O) groups is 1. The van der Waals surface area contributed by atoms with E-state index in [0.717, 1.165) is 12.1 Å². The number of fused-ring (bicyclic) bond motifs is 1. The Morgan fingerprint density at radius 2 is 2.17 bits per heavy atom. The van der Waals surface area contributed by atoms with Crippen molar-refractivity contribution in [2.24, 2.45) is 0 Å².